The Morgan fingerprint density at radius 3 is 2.20 bits per heavy atom. The van der Waals surface area contributed by atoms with Crippen molar-refractivity contribution in [3.8, 4) is 0 Å². The van der Waals surface area contributed by atoms with E-state index >= 15 is 0 Å². The van der Waals surface area contributed by atoms with Crippen LogP contribution in [0, 0.1) is 0 Å². The Bertz CT molecular complexity index is 619. The molecule has 0 heterocycles. The lowest BCUT2D eigenvalue weighted by atomic mass is 10.0. The van der Waals surface area contributed by atoms with Gasteiger partial charge in [-0.15, -0.1) is 0 Å². The SMILES string of the molecule is CN(CC(C)(C)NC(=O)OC(C)(C)C)C(=O)c1cccc(N(C)C)c1. The van der Waals surface area contributed by atoms with Gasteiger partial charge >= 0.3 is 6.09 Å². The van der Waals surface area contributed by atoms with Crippen LogP contribution in [0.4, 0.5) is 10.5 Å². The maximum absolute atomic E-state index is 12.7. The molecule has 0 atom stereocenters. The molecule has 1 rings (SSSR count). The molecule has 0 unspecified atom stereocenters. The van der Waals surface area contributed by atoms with Crippen molar-refractivity contribution in [2.45, 2.75) is 45.8 Å². The summed E-state index contributed by atoms with van der Waals surface area (Å²) in [5.41, 5.74) is 0.396. The molecule has 0 aliphatic carbocycles. The van der Waals surface area contributed by atoms with Crippen LogP contribution >= 0.6 is 0 Å². The Morgan fingerprint density at radius 2 is 1.68 bits per heavy atom. The molecule has 0 aromatic heterocycles. The molecule has 6 heteroatoms. The second-order valence-corrected chi connectivity index (χ2v) is 8.12. The molecule has 0 radical (unpaired) electrons. The van der Waals surface area contributed by atoms with Crippen molar-refractivity contribution in [1.82, 2.24) is 10.2 Å². The molecule has 0 aliphatic heterocycles. The Morgan fingerprint density at radius 1 is 1.08 bits per heavy atom. The zero-order valence-corrected chi connectivity index (χ0v) is 16.6. The van der Waals surface area contributed by atoms with Gasteiger partial charge in [0.25, 0.3) is 5.91 Å². The predicted molar refractivity (Wildman–Crippen MR) is 101 cm³/mol. The van der Waals surface area contributed by atoms with E-state index in [9.17, 15) is 9.59 Å². The summed E-state index contributed by atoms with van der Waals surface area (Å²) < 4.78 is 5.28. The second kappa shape index (κ2) is 7.76. The summed E-state index contributed by atoms with van der Waals surface area (Å²) in [4.78, 5) is 28.2. The number of carbonyl (C=O) groups is 2. The minimum absolute atomic E-state index is 0.0947. The lowest BCUT2D eigenvalue weighted by molar-refractivity contribution is 0.0441. The van der Waals surface area contributed by atoms with Crippen LogP contribution in [-0.4, -0.2) is 55.7 Å². The molecule has 0 bridgehead atoms. The van der Waals surface area contributed by atoms with E-state index in [0.29, 0.717) is 12.1 Å². The summed E-state index contributed by atoms with van der Waals surface area (Å²) in [6, 6.07) is 7.46. The average molecular weight is 349 g/mol. The van der Waals surface area contributed by atoms with E-state index in [1.807, 2.05) is 71.8 Å². The van der Waals surface area contributed by atoms with E-state index in [2.05, 4.69) is 5.32 Å². The van der Waals surface area contributed by atoms with Gasteiger partial charge in [0.2, 0.25) is 0 Å². The van der Waals surface area contributed by atoms with Gasteiger partial charge in [0.1, 0.15) is 5.60 Å². The molecule has 1 N–H and O–H groups in total. The van der Waals surface area contributed by atoms with Gasteiger partial charge in [0.05, 0.1) is 5.54 Å². The highest BCUT2D eigenvalue weighted by molar-refractivity contribution is 5.95. The molecule has 0 fully saturated rings. The molecular weight excluding hydrogens is 318 g/mol. The Hall–Kier alpha value is -2.24. The normalized spacial score (nSPS) is 11.7. The summed E-state index contributed by atoms with van der Waals surface area (Å²) in [6.45, 7) is 9.51. The number of carbonyl (C=O) groups excluding carboxylic acids is 2. The average Bonchev–Trinajstić information content (AvgIpc) is 2.43. The van der Waals surface area contributed by atoms with Crippen LogP contribution in [0.3, 0.4) is 0 Å². The molecular formula is C19H31N3O3. The van der Waals surface area contributed by atoms with Gasteiger partial charge in [0.15, 0.2) is 0 Å². The number of alkyl carbamates (subject to hydrolysis) is 1. The topological polar surface area (TPSA) is 61.9 Å². The first kappa shape index (κ1) is 20.8. The number of hydrogen-bond acceptors (Lipinski definition) is 4. The predicted octanol–water partition coefficient (Wildman–Crippen LogP) is 3.13. The van der Waals surface area contributed by atoms with Crippen LogP contribution in [0.1, 0.15) is 45.0 Å². The number of ether oxygens (including phenoxy) is 1. The first-order chi connectivity index (χ1) is 11.3. The summed E-state index contributed by atoms with van der Waals surface area (Å²) >= 11 is 0. The van der Waals surface area contributed by atoms with Gasteiger partial charge in [-0.1, -0.05) is 6.07 Å². The summed E-state index contributed by atoms with van der Waals surface area (Å²) in [5, 5.41) is 2.82. The highest BCUT2D eigenvalue weighted by atomic mass is 16.6. The largest absolute Gasteiger partial charge is 0.444 e. The molecule has 6 nitrogen and oxygen atoms in total. The zero-order valence-electron chi connectivity index (χ0n) is 16.6. The first-order valence-corrected chi connectivity index (χ1v) is 8.35. The van der Waals surface area contributed by atoms with Crippen molar-refractivity contribution in [2.24, 2.45) is 0 Å². The highest BCUT2D eigenvalue weighted by Crippen LogP contribution is 2.16. The molecule has 0 spiro atoms. The van der Waals surface area contributed by atoms with Crippen LogP contribution in [0.5, 0.6) is 0 Å². The van der Waals surface area contributed by atoms with Gasteiger partial charge in [-0.05, 0) is 52.8 Å². The van der Waals surface area contributed by atoms with Gasteiger partial charge in [-0.3, -0.25) is 4.79 Å². The Kier molecular flexibility index (Phi) is 6.46. The van der Waals surface area contributed by atoms with Crippen molar-refractivity contribution in [1.29, 1.82) is 0 Å². The maximum atomic E-state index is 12.7. The molecule has 1 aromatic rings. The zero-order chi connectivity index (χ0) is 19.4. The molecule has 1 aromatic carbocycles. The fraction of sp³-hybridized carbons (Fsp3) is 0.579. The van der Waals surface area contributed by atoms with Gasteiger partial charge < -0.3 is 19.9 Å². The van der Waals surface area contributed by atoms with Gasteiger partial charge in [-0.2, -0.15) is 0 Å². The summed E-state index contributed by atoms with van der Waals surface area (Å²) in [5.74, 6) is -0.0947. The lowest BCUT2D eigenvalue weighted by Gasteiger charge is -2.32. The quantitative estimate of drug-likeness (QED) is 0.887. The van der Waals surface area contributed by atoms with Crippen molar-refractivity contribution >= 4 is 17.7 Å². The van der Waals surface area contributed by atoms with E-state index in [4.69, 9.17) is 4.74 Å². The third-order valence-electron chi connectivity index (χ3n) is 3.43. The van der Waals surface area contributed by atoms with E-state index in [0.717, 1.165) is 5.69 Å². The smallest absolute Gasteiger partial charge is 0.408 e. The van der Waals surface area contributed by atoms with Crippen LogP contribution < -0.4 is 10.2 Å². The molecule has 0 saturated heterocycles. The summed E-state index contributed by atoms with van der Waals surface area (Å²) in [7, 11) is 5.59. The van der Waals surface area contributed by atoms with E-state index < -0.39 is 17.2 Å². The van der Waals surface area contributed by atoms with E-state index in [1.54, 1.807) is 18.0 Å². The number of benzene rings is 1. The van der Waals surface area contributed by atoms with Crippen molar-refractivity contribution < 1.29 is 14.3 Å². The monoisotopic (exact) mass is 349 g/mol. The minimum atomic E-state index is -0.619. The second-order valence-electron chi connectivity index (χ2n) is 8.12. The molecule has 0 saturated carbocycles. The Labute approximate surface area is 151 Å². The number of hydrogen-bond donors (Lipinski definition) is 1. The minimum Gasteiger partial charge on any atom is -0.444 e. The number of amides is 2. The van der Waals surface area contributed by atoms with Crippen molar-refractivity contribution in [3.05, 3.63) is 29.8 Å². The van der Waals surface area contributed by atoms with Crippen molar-refractivity contribution in [2.75, 3.05) is 32.6 Å². The molecule has 25 heavy (non-hydrogen) atoms. The number of anilines is 1. The third-order valence-corrected chi connectivity index (χ3v) is 3.43. The van der Waals surface area contributed by atoms with Crippen molar-refractivity contribution in [3.63, 3.8) is 0 Å². The highest BCUT2D eigenvalue weighted by Gasteiger charge is 2.27. The molecule has 2 amide bonds. The summed E-state index contributed by atoms with van der Waals surface area (Å²) in [6.07, 6.45) is -0.493. The fourth-order valence-corrected chi connectivity index (χ4v) is 2.42. The fourth-order valence-electron chi connectivity index (χ4n) is 2.42. The third kappa shape index (κ3) is 7.03. The van der Waals surface area contributed by atoms with Gasteiger partial charge in [0, 0.05) is 38.9 Å². The lowest BCUT2D eigenvalue weighted by Crippen LogP contribution is -2.52. The van der Waals surface area contributed by atoms with E-state index in [1.165, 1.54) is 0 Å². The number of likely N-dealkylation sites (N-methyl/N-ethyl adjacent to an activating group) is 1. The van der Waals surface area contributed by atoms with E-state index in [-0.39, 0.29) is 5.91 Å². The van der Waals surface area contributed by atoms with Gasteiger partial charge in [-0.25, -0.2) is 4.79 Å². The van der Waals surface area contributed by atoms with Crippen LogP contribution in [0.15, 0.2) is 24.3 Å². The number of rotatable bonds is 5. The van der Waals surface area contributed by atoms with Crippen LogP contribution in [0.2, 0.25) is 0 Å². The molecule has 140 valence electrons. The molecule has 0 aliphatic rings. The Balaban J connectivity index is 2.76. The van der Waals surface area contributed by atoms with Crippen LogP contribution in [-0.2, 0) is 4.74 Å². The first-order valence-electron chi connectivity index (χ1n) is 8.35. The standard InChI is InChI=1S/C19H31N3O3/c1-18(2,3)25-17(24)20-19(4,5)13-22(8)16(23)14-10-9-11-15(12-14)21(6)7/h9-12H,13H2,1-8H3,(H,20,24). The number of nitrogens with zero attached hydrogens (tertiary/aromatic N) is 2. The maximum Gasteiger partial charge on any atom is 0.408 e. The van der Waals surface area contributed by atoms with Crippen LogP contribution in [0.25, 0.3) is 0 Å². The number of nitrogens with one attached hydrogen (secondary N) is 1.